The molecule has 0 radical (unpaired) electrons. The van der Waals surface area contributed by atoms with Crippen molar-refractivity contribution in [3.8, 4) is 0 Å². The summed E-state index contributed by atoms with van der Waals surface area (Å²) >= 11 is 0. The zero-order chi connectivity index (χ0) is 17.4. The van der Waals surface area contributed by atoms with Crippen molar-refractivity contribution in [2.45, 2.75) is 32.2 Å². The zero-order valence-electron chi connectivity index (χ0n) is 13.6. The van der Waals surface area contributed by atoms with Crippen LogP contribution in [0.15, 0.2) is 24.5 Å². The van der Waals surface area contributed by atoms with Crippen LogP contribution in [0, 0.1) is 6.92 Å². The Bertz CT molecular complexity index is 954. The van der Waals surface area contributed by atoms with Crippen molar-refractivity contribution >= 4 is 23.3 Å². The third-order valence-corrected chi connectivity index (χ3v) is 4.00. The van der Waals surface area contributed by atoms with Crippen LogP contribution in [-0.4, -0.2) is 42.7 Å². The number of rotatable bonds is 5. The van der Waals surface area contributed by atoms with Gasteiger partial charge in [-0.3, -0.25) is 9.59 Å². The molecule has 3 N–H and O–H groups in total. The first kappa shape index (κ1) is 15.3. The summed E-state index contributed by atoms with van der Waals surface area (Å²) < 4.78 is 1.88. The van der Waals surface area contributed by atoms with E-state index in [0.29, 0.717) is 5.69 Å². The molecule has 1 fully saturated rings. The number of pyridine rings is 1. The molecule has 0 aliphatic heterocycles. The number of anilines is 1. The molecule has 9 heteroatoms. The molecular formula is C16H17N7O2. The predicted molar refractivity (Wildman–Crippen MR) is 89.1 cm³/mol. The van der Waals surface area contributed by atoms with Gasteiger partial charge in [0.2, 0.25) is 5.91 Å². The highest BCUT2D eigenvalue weighted by atomic mass is 16.2. The second kappa shape index (κ2) is 6.00. The highest BCUT2D eigenvalue weighted by Crippen LogP contribution is 2.20. The van der Waals surface area contributed by atoms with Gasteiger partial charge in [0, 0.05) is 18.4 Å². The number of aromatic nitrogens is 5. The van der Waals surface area contributed by atoms with Gasteiger partial charge in [-0.05, 0) is 31.4 Å². The number of H-pyrrole nitrogens is 1. The number of hydrogen-bond donors (Lipinski definition) is 3. The van der Waals surface area contributed by atoms with E-state index in [-0.39, 0.29) is 35.8 Å². The molecule has 1 aliphatic carbocycles. The minimum Gasteiger partial charge on any atom is -0.348 e. The standard InChI is InChI=1S/C16H17N7O2/c1-9-3-2-6-23-8-11(17-15(9)23)7-12(24)19-14-13(20-22-21-14)16(25)18-10-4-5-10/h2-3,6,8,10H,4-5,7H2,1H3,(H,18,25)(H2,19,20,21,22,24). The zero-order valence-corrected chi connectivity index (χ0v) is 13.6. The Balaban J connectivity index is 1.46. The lowest BCUT2D eigenvalue weighted by Gasteiger charge is -2.03. The third-order valence-electron chi connectivity index (χ3n) is 4.00. The molecule has 3 heterocycles. The van der Waals surface area contributed by atoms with E-state index in [0.717, 1.165) is 24.1 Å². The van der Waals surface area contributed by atoms with Crippen molar-refractivity contribution in [1.82, 2.24) is 30.1 Å². The summed E-state index contributed by atoms with van der Waals surface area (Å²) in [5.41, 5.74) is 2.58. The molecule has 128 valence electrons. The van der Waals surface area contributed by atoms with E-state index >= 15 is 0 Å². The van der Waals surface area contributed by atoms with Gasteiger partial charge >= 0.3 is 0 Å². The Labute approximate surface area is 142 Å². The van der Waals surface area contributed by atoms with E-state index in [2.05, 4.69) is 31.0 Å². The third kappa shape index (κ3) is 3.21. The molecule has 0 unspecified atom stereocenters. The molecule has 0 atom stereocenters. The van der Waals surface area contributed by atoms with E-state index in [1.165, 1.54) is 0 Å². The molecule has 0 spiro atoms. The fraction of sp³-hybridized carbons (Fsp3) is 0.312. The number of hydrogen-bond acceptors (Lipinski definition) is 5. The molecular weight excluding hydrogens is 322 g/mol. The summed E-state index contributed by atoms with van der Waals surface area (Å²) in [7, 11) is 0. The van der Waals surface area contributed by atoms with Crippen molar-refractivity contribution < 1.29 is 9.59 Å². The molecule has 25 heavy (non-hydrogen) atoms. The molecule has 4 rings (SSSR count). The monoisotopic (exact) mass is 339 g/mol. The topological polar surface area (TPSA) is 117 Å². The Morgan fingerprint density at radius 3 is 2.96 bits per heavy atom. The van der Waals surface area contributed by atoms with Gasteiger partial charge in [0.1, 0.15) is 5.65 Å². The van der Waals surface area contributed by atoms with E-state index in [4.69, 9.17) is 0 Å². The van der Waals surface area contributed by atoms with Gasteiger partial charge in [-0.1, -0.05) is 6.07 Å². The Hall–Kier alpha value is -3.23. The van der Waals surface area contributed by atoms with Crippen molar-refractivity contribution in [2.24, 2.45) is 0 Å². The van der Waals surface area contributed by atoms with Gasteiger partial charge < -0.3 is 15.0 Å². The number of nitrogens with one attached hydrogen (secondary N) is 3. The second-order valence-electron chi connectivity index (χ2n) is 6.15. The average molecular weight is 339 g/mol. The van der Waals surface area contributed by atoms with Crippen LogP contribution < -0.4 is 10.6 Å². The van der Waals surface area contributed by atoms with Gasteiger partial charge in [0.25, 0.3) is 5.91 Å². The lowest BCUT2D eigenvalue weighted by molar-refractivity contribution is -0.115. The second-order valence-corrected chi connectivity index (χ2v) is 6.15. The average Bonchev–Trinajstić information content (AvgIpc) is 3.09. The highest BCUT2D eigenvalue weighted by Gasteiger charge is 2.27. The molecule has 0 bridgehead atoms. The summed E-state index contributed by atoms with van der Waals surface area (Å²) in [4.78, 5) is 28.8. The largest absolute Gasteiger partial charge is 0.348 e. The van der Waals surface area contributed by atoms with Crippen LogP contribution in [0.5, 0.6) is 0 Å². The number of amides is 2. The number of nitrogens with zero attached hydrogens (tertiary/aromatic N) is 4. The lowest BCUT2D eigenvalue weighted by Crippen LogP contribution is -2.27. The predicted octanol–water partition coefficient (Wildman–Crippen LogP) is 0.834. The quantitative estimate of drug-likeness (QED) is 0.636. The van der Waals surface area contributed by atoms with E-state index in [9.17, 15) is 9.59 Å². The number of carbonyl (C=O) groups excluding carboxylic acids is 2. The van der Waals surface area contributed by atoms with Gasteiger partial charge in [0.15, 0.2) is 11.5 Å². The van der Waals surface area contributed by atoms with Crippen LogP contribution in [0.4, 0.5) is 5.82 Å². The van der Waals surface area contributed by atoms with Gasteiger partial charge in [-0.2, -0.15) is 5.21 Å². The first-order valence-corrected chi connectivity index (χ1v) is 8.05. The maximum atomic E-state index is 12.3. The molecule has 3 aromatic rings. The van der Waals surface area contributed by atoms with Crippen LogP contribution in [0.1, 0.15) is 34.6 Å². The normalized spacial score (nSPS) is 13.8. The Morgan fingerprint density at radius 2 is 2.20 bits per heavy atom. The van der Waals surface area contributed by atoms with E-state index in [1.54, 1.807) is 0 Å². The minimum absolute atomic E-state index is 0.0810. The molecule has 0 aromatic carbocycles. The van der Waals surface area contributed by atoms with Crippen LogP contribution in [-0.2, 0) is 11.2 Å². The highest BCUT2D eigenvalue weighted by molar-refractivity contribution is 6.01. The fourth-order valence-electron chi connectivity index (χ4n) is 2.59. The van der Waals surface area contributed by atoms with Crippen molar-refractivity contribution in [2.75, 3.05) is 5.32 Å². The van der Waals surface area contributed by atoms with Crippen molar-refractivity contribution in [3.63, 3.8) is 0 Å². The summed E-state index contributed by atoms with van der Waals surface area (Å²) in [6.45, 7) is 1.96. The number of aryl methyl sites for hydroxylation is 1. The Morgan fingerprint density at radius 1 is 1.36 bits per heavy atom. The smallest absolute Gasteiger partial charge is 0.275 e. The number of imidazole rings is 1. The van der Waals surface area contributed by atoms with E-state index < -0.39 is 0 Å². The summed E-state index contributed by atoms with van der Waals surface area (Å²) in [5.74, 6) is -0.520. The maximum absolute atomic E-state index is 12.3. The van der Waals surface area contributed by atoms with Crippen molar-refractivity contribution in [3.05, 3.63) is 41.5 Å². The first-order chi connectivity index (χ1) is 12.1. The number of fused-ring (bicyclic) bond motifs is 1. The van der Waals surface area contributed by atoms with Crippen LogP contribution in [0.2, 0.25) is 0 Å². The minimum atomic E-state index is -0.338. The van der Waals surface area contributed by atoms with Gasteiger partial charge in [0.05, 0.1) is 12.1 Å². The summed E-state index contributed by atoms with van der Waals surface area (Å²) in [5, 5.41) is 15.5. The number of carbonyl (C=O) groups is 2. The summed E-state index contributed by atoms with van der Waals surface area (Å²) in [6, 6.07) is 4.09. The molecule has 3 aromatic heterocycles. The first-order valence-electron chi connectivity index (χ1n) is 8.05. The fourth-order valence-corrected chi connectivity index (χ4v) is 2.59. The molecule has 1 aliphatic rings. The lowest BCUT2D eigenvalue weighted by atomic mass is 10.3. The SMILES string of the molecule is Cc1cccn2cc(CC(=O)Nc3n[nH]nc3C(=O)NC3CC3)nc12. The molecule has 1 saturated carbocycles. The van der Waals surface area contributed by atoms with E-state index in [1.807, 2.05) is 35.9 Å². The maximum Gasteiger partial charge on any atom is 0.275 e. The number of aromatic amines is 1. The van der Waals surface area contributed by atoms with Crippen LogP contribution in [0.3, 0.4) is 0 Å². The Kier molecular flexibility index (Phi) is 3.68. The van der Waals surface area contributed by atoms with Gasteiger partial charge in [-0.25, -0.2) is 4.98 Å². The van der Waals surface area contributed by atoms with Crippen LogP contribution >= 0.6 is 0 Å². The molecule has 9 nitrogen and oxygen atoms in total. The van der Waals surface area contributed by atoms with Crippen LogP contribution in [0.25, 0.3) is 5.65 Å². The van der Waals surface area contributed by atoms with Gasteiger partial charge in [-0.15, -0.1) is 10.2 Å². The molecule has 0 saturated heterocycles. The molecule has 2 amide bonds. The summed E-state index contributed by atoms with van der Waals surface area (Å²) in [6.07, 6.45) is 5.72. The van der Waals surface area contributed by atoms with Crippen molar-refractivity contribution in [1.29, 1.82) is 0 Å².